The SMILES string of the molecule is CCOc1ccccc1OCC(=O)N[C@H](CO)C(C)C. The summed E-state index contributed by atoms with van der Waals surface area (Å²) in [5.41, 5.74) is 0. The predicted octanol–water partition coefficient (Wildman–Crippen LogP) is 1.60. The lowest BCUT2D eigenvalue weighted by molar-refractivity contribution is -0.124. The molecule has 0 aliphatic rings. The van der Waals surface area contributed by atoms with Crippen molar-refractivity contribution >= 4 is 5.91 Å². The molecular formula is C15H23NO4. The van der Waals surface area contributed by atoms with Crippen molar-refractivity contribution in [2.75, 3.05) is 19.8 Å². The Bertz CT molecular complexity index is 420. The maximum Gasteiger partial charge on any atom is 0.258 e. The Hall–Kier alpha value is -1.75. The molecule has 0 bridgehead atoms. The largest absolute Gasteiger partial charge is 0.490 e. The molecule has 1 aromatic rings. The van der Waals surface area contributed by atoms with E-state index < -0.39 is 0 Å². The van der Waals surface area contributed by atoms with E-state index >= 15 is 0 Å². The van der Waals surface area contributed by atoms with Crippen LogP contribution in [0.1, 0.15) is 20.8 Å². The molecule has 2 N–H and O–H groups in total. The number of carbonyl (C=O) groups is 1. The second kappa shape index (κ2) is 8.43. The number of amides is 1. The number of benzene rings is 1. The van der Waals surface area contributed by atoms with Gasteiger partial charge in [0.05, 0.1) is 19.3 Å². The van der Waals surface area contributed by atoms with Gasteiger partial charge in [-0.05, 0) is 25.0 Å². The van der Waals surface area contributed by atoms with Crippen LogP contribution in [0.4, 0.5) is 0 Å². The summed E-state index contributed by atoms with van der Waals surface area (Å²) in [5.74, 6) is 1.06. The van der Waals surface area contributed by atoms with Crippen LogP contribution in [0.25, 0.3) is 0 Å². The predicted molar refractivity (Wildman–Crippen MR) is 77.0 cm³/mol. The van der Waals surface area contributed by atoms with Gasteiger partial charge in [0.25, 0.3) is 5.91 Å². The third-order valence-electron chi connectivity index (χ3n) is 2.86. The van der Waals surface area contributed by atoms with E-state index in [1.54, 1.807) is 12.1 Å². The van der Waals surface area contributed by atoms with Crippen LogP contribution in [-0.2, 0) is 4.79 Å². The van der Waals surface area contributed by atoms with Crippen LogP contribution in [0.2, 0.25) is 0 Å². The molecule has 5 heteroatoms. The van der Waals surface area contributed by atoms with E-state index in [9.17, 15) is 4.79 Å². The molecule has 1 amide bonds. The highest BCUT2D eigenvalue weighted by molar-refractivity contribution is 5.78. The maximum absolute atomic E-state index is 11.8. The summed E-state index contributed by atoms with van der Waals surface area (Å²) in [6.07, 6.45) is 0. The fourth-order valence-electron chi connectivity index (χ4n) is 1.66. The van der Waals surface area contributed by atoms with E-state index in [2.05, 4.69) is 5.32 Å². The Labute approximate surface area is 119 Å². The Morgan fingerprint density at radius 1 is 1.25 bits per heavy atom. The van der Waals surface area contributed by atoms with Gasteiger partial charge >= 0.3 is 0 Å². The summed E-state index contributed by atoms with van der Waals surface area (Å²) in [6.45, 7) is 6.11. The number of nitrogens with one attached hydrogen (secondary N) is 1. The fraction of sp³-hybridized carbons (Fsp3) is 0.533. The first-order chi connectivity index (χ1) is 9.58. The van der Waals surface area contributed by atoms with Crippen molar-refractivity contribution in [2.24, 2.45) is 5.92 Å². The number of aliphatic hydroxyl groups is 1. The highest BCUT2D eigenvalue weighted by Crippen LogP contribution is 2.26. The Balaban J connectivity index is 2.52. The van der Waals surface area contributed by atoms with Gasteiger partial charge in [0, 0.05) is 0 Å². The van der Waals surface area contributed by atoms with Crippen molar-refractivity contribution in [1.82, 2.24) is 5.32 Å². The summed E-state index contributed by atoms with van der Waals surface area (Å²) in [5, 5.41) is 11.9. The quantitative estimate of drug-likeness (QED) is 0.759. The van der Waals surface area contributed by atoms with E-state index in [-0.39, 0.29) is 31.1 Å². The number of aliphatic hydroxyl groups excluding tert-OH is 1. The summed E-state index contributed by atoms with van der Waals surface area (Å²) >= 11 is 0. The van der Waals surface area contributed by atoms with Crippen molar-refractivity contribution in [3.8, 4) is 11.5 Å². The molecule has 0 saturated carbocycles. The van der Waals surface area contributed by atoms with Crippen molar-refractivity contribution < 1.29 is 19.4 Å². The van der Waals surface area contributed by atoms with Crippen LogP contribution in [-0.4, -0.2) is 36.9 Å². The van der Waals surface area contributed by atoms with Crippen LogP contribution in [0.5, 0.6) is 11.5 Å². The summed E-state index contributed by atoms with van der Waals surface area (Å²) in [4.78, 5) is 11.8. The van der Waals surface area contributed by atoms with Crippen molar-refractivity contribution in [3.63, 3.8) is 0 Å². The molecule has 5 nitrogen and oxygen atoms in total. The molecule has 0 fully saturated rings. The fourth-order valence-corrected chi connectivity index (χ4v) is 1.66. The molecule has 112 valence electrons. The molecule has 1 aromatic carbocycles. The molecule has 20 heavy (non-hydrogen) atoms. The monoisotopic (exact) mass is 281 g/mol. The van der Waals surface area contributed by atoms with E-state index in [0.29, 0.717) is 18.1 Å². The second-order valence-corrected chi connectivity index (χ2v) is 4.77. The second-order valence-electron chi connectivity index (χ2n) is 4.77. The number of rotatable bonds is 8. The van der Waals surface area contributed by atoms with Gasteiger partial charge in [-0.25, -0.2) is 0 Å². The van der Waals surface area contributed by atoms with Gasteiger partial charge in [-0.3, -0.25) is 4.79 Å². The average Bonchev–Trinajstić information content (AvgIpc) is 2.43. The van der Waals surface area contributed by atoms with E-state index in [1.165, 1.54) is 0 Å². The van der Waals surface area contributed by atoms with Crippen LogP contribution in [0.3, 0.4) is 0 Å². The maximum atomic E-state index is 11.8. The molecule has 1 rings (SSSR count). The Morgan fingerprint density at radius 2 is 1.85 bits per heavy atom. The Kier molecular flexibility index (Phi) is 6.87. The summed E-state index contributed by atoms with van der Waals surface area (Å²) in [6, 6.07) is 6.96. The Morgan fingerprint density at radius 3 is 2.35 bits per heavy atom. The van der Waals surface area contributed by atoms with Gasteiger partial charge in [0.2, 0.25) is 0 Å². The standard InChI is InChI=1S/C15H23NO4/c1-4-19-13-7-5-6-8-14(13)20-10-15(18)16-12(9-17)11(2)3/h5-8,11-12,17H,4,9-10H2,1-3H3,(H,16,18)/t12-/m1/s1. The lowest BCUT2D eigenvalue weighted by Gasteiger charge is -2.20. The minimum absolute atomic E-state index is 0.0844. The number of hydrogen-bond acceptors (Lipinski definition) is 4. The third-order valence-corrected chi connectivity index (χ3v) is 2.86. The highest BCUT2D eigenvalue weighted by Gasteiger charge is 2.15. The zero-order chi connectivity index (χ0) is 15.0. The van der Waals surface area contributed by atoms with Gasteiger partial charge in [0.1, 0.15) is 0 Å². The smallest absolute Gasteiger partial charge is 0.258 e. The molecular weight excluding hydrogens is 258 g/mol. The minimum atomic E-state index is -0.260. The minimum Gasteiger partial charge on any atom is -0.490 e. The molecule has 0 spiro atoms. The molecule has 1 atom stereocenters. The number of para-hydroxylation sites is 2. The molecule has 0 aliphatic carbocycles. The third kappa shape index (κ3) is 5.09. The van der Waals surface area contributed by atoms with Crippen LogP contribution in [0.15, 0.2) is 24.3 Å². The molecule has 0 aromatic heterocycles. The van der Waals surface area contributed by atoms with E-state index in [4.69, 9.17) is 14.6 Å². The van der Waals surface area contributed by atoms with Crippen molar-refractivity contribution in [2.45, 2.75) is 26.8 Å². The number of ether oxygens (including phenoxy) is 2. The van der Waals surface area contributed by atoms with Crippen LogP contribution >= 0.6 is 0 Å². The normalized spacial score (nSPS) is 12.1. The zero-order valence-electron chi connectivity index (χ0n) is 12.3. The first-order valence-electron chi connectivity index (χ1n) is 6.83. The van der Waals surface area contributed by atoms with Gasteiger partial charge in [0.15, 0.2) is 18.1 Å². The molecule has 0 aliphatic heterocycles. The van der Waals surface area contributed by atoms with E-state index in [1.807, 2.05) is 32.9 Å². The lowest BCUT2D eigenvalue weighted by Crippen LogP contribution is -2.43. The van der Waals surface area contributed by atoms with Crippen LogP contribution in [0, 0.1) is 5.92 Å². The summed E-state index contributed by atoms with van der Waals surface area (Å²) < 4.78 is 10.9. The van der Waals surface area contributed by atoms with Gasteiger partial charge in [-0.15, -0.1) is 0 Å². The van der Waals surface area contributed by atoms with Crippen LogP contribution < -0.4 is 14.8 Å². The van der Waals surface area contributed by atoms with Crippen molar-refractivity contribution in [3.05, 3.63) is 24.3 Å². The first kappa shape index (κ1) is 16.3. The summed E-state index contributed by atoms with van der Waals surface area (Å²) in [7, 11) is 0. The first-order valence-corrected chi connectivity index (χ1v) is 6.83. The van der Waals surface area contributed by atoms with Gasteiger partial charge in [-0.1, -0.05) is 26.0 Å². The molecule has 0 radical (unpaired) electrons. The van der Waals surface area contributed by atoms with Gasteiger partial charge < -0.3 is 19.9 Å². The van der Waals surface area contributed by atoms with E-state index in [0.717, 1.165) is 0 Å². The van der Waals surface area contributed by atoms with Crippen molar-refractivity contribution in [1.29, 1.82) is 0 Å². The molecule has 0 heterocycles. The topological polar surface area (TPSA) is 67.8 Å². The highest BCUT2D eigenvalue weighted by atomic mass is 16.5. The molecule has 0 saturated heterocycles. The molecule has 0 unspecified atom stereocenters. The number of carbonyl (C=O) groups excluding carboxylic acids is 1. The average molecular weight is 281 g/mol. The lowest BCUT2D eigenvalue weighted by atomic mass is 10.1. The number of hydrogen-bond donors (Lipinski definition) is 2. The van der Waals surface area contributed by atoms with Gasteiger partial charge in [-0.2, -0.15) is 0 Å². The zero-order valence-corrected chi connectivity index (χ0v) is 12.3.